The number of rotatable bonds is 4. The van der Waals surface area contributed by atoms with E-state index < -0.39 is 0 Å². The molecule has 3 atom stereocenters. The smallest absolute Gasteiger partial charge is 0.119 e. The van der Waals surface area contributed by atoms with Gasteiger partial charge in [0.1, 0.15) is 5.75 Å². The molecule has 4 nitrogen and oxygen atoms in total. The van der Waals surface area contributed by atoms with E-state index in [2.05, 4.69) is 71.5 Å². The molecule has 27 heavy (non-hydrogen) atoms. The number of nitrogens with one attached hydrogen (secondary N) is 1. The second-order valence-corrected chi connectivity index (χ2v) is 7.49. The molecule has 2 heterocycles. The van der Waals surface area contributed by atoms with Gasteiger partial charge in [0.2, 0.25) is 0 Å². The molecule has 1 aromatic heterocycles. The number of hydrogen-bond donors (Lipinski definition) is 1. The van der Waals surface area contributed by atoms with Crippen LogP contribution in [0.3, 0.4) is 0 Å². The molecule has 3 aromatic rings. The molecule has 1 unspecified atom stereocenters. The van der Waals surface area contributed by atoms with Crippen molar-refractivity contribution in [3.05, 3.63) is 71.9 Å². The number of fused-ring (bicyclic) bond motifs is 1. The Morgan fingerprint density at radius 1 is 1.07 bits per heavy atom. The number of ether oxygens (including phenoxy) is 1. The Balaban J connectivity index is 1.83. The minimum atomic E-state index is 0.184. The molecule has 4 rings (SSSR count). The number of piperazine rings is 1. The minimum Gasteiger partial charge on any atom is -0.497 e. The molecule has 1 fully saturated rings. The van der Waals surface area contributed by atoms with Gasteiger partial charge in [-0.2, -0.15) is 0 Å². The second-order valence-electron chi connectivity index (χ2n) is 7.49. The van der Waals surface area contributed by atoms with E-state index in [1.807, 2.05) is 18.3 Å². The summed E-state index contributed by atoms with van der Waals surface area (Å²) in [6, 6.07) is 20.3. The van der Waals surface area contributed by atoms with E-state index in [4.69, 9.17) is 4.74 Å². The fourth-order valence-electron chi connectivity index (χ4n) is 4.06. The molecule has 4 heteroatoms. The van der Waals surface area contributed by atoms with Gasteiger partial charge in [-0.15, -0.1) is 0 Å². The average Bonchev–Trinajstić information content (AvgIpc) is 2.71. The highest BCUT2D eigenvalue weighted by molar-refractivity contribution is 5.79. The molecule has 140 valence electrons. The summed E-state index contributed by atoms with van der Waals surface area (Å²) in [5.41, 5.74) is 3.59. The van der Waals surface area contributed by atoms with Gasteiger partial charge in [-0.25, -0.2) is 0 Å². The fourth-order valence-corrected chi connectivity index (χ4v) is 4.06. The lowest BCUT2D eigenvalue weighted by atomic mass is 9.93. The Hall–Kier alpha value is -2.43. The van der Waals surface area contributed by atoms with E-state index in [0.717, 1.165) is 24.4 Å². The summed E-state index contributed by atoms with van der Waals surface area (Å²) in [6.45, 7) is 6.56. The predicted molar refractivity (Wildman–Crippen MR) is 110 cm³/mol. The van der Waals surface area contributed by atoms with Gasteiger partial charge >= 0.3 is 0 Å². The van der Waals surface area contributed by atoms with Crippen LogP contribution < -0.4 is 10.1 Å². The van der Waals surface area contributed by atoms with Gasteiger partial charge < -0.3 is 10.1 Å². The van der Waals surface area contributed by atoms with Crippen LogP contribution in [0.2, 0.25) is 0 Å². The van der Waals surface area contributed by atoms with Crippen molar-refractivity contribution in [2.75, 3.05) is 20.2 Å². The largest absolute Gasteiger partial charge is 0.497 e. The van der Waals surface area contributed by atoms with Gasteiger partial charge in [0.05, 0.1) is 18.7 Å². The molecular formula is C23H27N3O. The van der Waals surface area contributed by atoms with Crippen LogP contribution in [-0.2, 0) is 0 Å². The molecule has 0 bridgehead atoms. The maximum atomic E-state index is 5.51. The lowest BCUT2D eigenvalue weighted by Crippen LogP contribution is -2.55. The normalized spacial score (nSPS) is 21.9. The SMILES string of the molecule is COc1cccc(C(c2ccc3ncccc3c2)N2C[C@H](C)NC[C@H]2C)c1. The van der Waals surface area contributed by atoms with Crippen LogP contribution >= 0.6 is 0 Å². The number of methoxy groups -OCH3 is 1. The number of aromatic nitrogens is 1. The molecule has 1 aliphatic heterocycles. The molecule has 0 saturated carbocycles. The molecule has 0 aliphatic carbocycles. The maximum absolute atomic E-state index is 5.51. The first-order valence-electron chi connectivity index (χ1n) is 9.63. The van der Waals surface area contributed by atoms with Gasteiger partial charge in [-0.05, 0) is 55.3 Å². The Morgan fingerprint density at radius 2 is 1.93 bits per heavy atom. The molecule has 1 N–H and O–H groups in total. The molecule has 0 radical (unpaired) electrons. The van der Waals surface area contributed by atoms with Crippen molar-refractivity contribution >= 4 is 10.9 Å². The Morgan fingerprint density at radius 3 is 2.78 bits per heavy atom. The summed E-state index contributed by atoms with van der Waals surface area (Å²) in [6.07, 6.45) is 1.85. The van der Waals surface area contributed by atoms with E-state index in [9.17, 15) is 0 Å². The van der Waals surface area contributed by atoms with Crippen molar-refractivity contribution < 1.29 is 4.74 Å². The highest BCUT2D eigenvalue weighted by Crippen LogP contribution is 2.34. The summed E-state index contributed by atoms with van der Waals surface area (Å²) in [4.78, 5) is 7.08. The zero-order chi connectivity index (χ0) is 18.8. The summed E-state index contributed by atoms with van der Waals surface area (Å²) in [5, 5.41) is 4.77. The lowest BCUT2D eigenvalue weighted by Gasteiger charge is -2.43. The van der Waals surface area contributed by atoms with Gasteiger partial charge in [0.25, 0.3) is 0 Å². The zero-order valence-electron chi connectivity index (χ0n) is 16.2. The fraction of sp³-hybridized carbons (Fsp3) is 0.348. The molecule has 1 saturated heterocycles. The third kappa shape index (κ3) is 3.68. The van der Waals surface area contributed by atoms with E-state index >= 15 is 0 Å². The first-order valence-corrected chi connectivity index (χ1v) is 9.63. The second kappa shape index (κ2) is 7.67. The molecule has 1 aliphatic rings. The van der Waals surface area contributed by atoms with Gasteiger partial charge in [0, 0.05) is 36.8 Å². The summed E-state index contributed by atoms with van der Waals surface area (Å²) < 4.78 is 5.51. The van der Waals surface area contributed by atoms with Crippen molar-refractivity contribution in [1.82, 2.24) is 15.2 Å². The van der Waals surface area contributed by atoms with E-state index in [1.54, 1.807) is 7.11 Å². The number of benzene rings is 2. The molecule has 0 spiro atoms. The van der Waals surface area contributed by atoms with Crippen LogP contribution in [0.5, 0.6) is 5.75 Å². The van der Waals surface area contributed by atoms with Crippen LogP contribution in [0.25, 0.3) is 10.9 Å². The number of hydrogen-bond acceptors (Lipinski definition) is 4. The highest BCUT2D eigenvalue weighted by Gasteiger charge is 2.31. The third-order valence-electron chi connectivity index (χ3n) is 5.50. The van der Waals surface area contributed by atoms with Crippen LogP contribution in [0.15, 0.2) is 60.8 Å². The highest BCUT2D eigenvalue weighted by atomic mass is 16.5. The van der Waals surface area contributed by atoms with Crippen LogP contribution in [0.4, 0.5) is 0 Å². The monoisotopic (exact) mass is 361 g/mol. The van der Waals surface area contributed by atoms with E-state index in [1.165, 1.54) is 16.5 Å². The third-order valence-corrected chi connectivity index (χ3v) is 5.50. The van der Waals surface area contributed by atoms with E-state index in [-0.39, 0.29) is 6.04 Å². The van der Waals surface area contributed by atoms with E-state index in [0.29, 0.717) is 12.1 Å². The number of pyridine rings is 1. The molecule has 2 aromatic carbocycles. The maximum Gasteiger partial charge on any atom is 0.119 e. The number of nitrogens with zero attached hydrogens (tertiary/aromatic N) is 2. The minimum absolute atomic E-state index is 0.184. The topological polar surface area (TPSA) is 37.4 Å². The summed E-state index contributed by atoms with van der Waals surface area (Å²) in [5.74, 6) is 0.899. The average molecular weight is 361 g/mol. The Kier molecular flexibility index (Phi) is 5.10. The zero-order valence-corrected chi connectivity index (χ0v) is 16.2. The molecular weight excluding hydrogens is 334 g/mol. The Labute approximate surface area is 161 Å². The standard InChI is InChI=1S/C23H27N3O/c1-16-15-26(17(2)14-25-16)23(19-6-4-8-21(13-19)27-3)20-9-10-22-18(12-20)7-5-11-24-22/h4-13,16-17,23,25H,14-15H2,1-3H3/t16-,17+,23?/m0/s1. The van der Waals surface area contributed by atoms with Crippen molar-refractivity contribution in [3.63, 3.8) is 0 Å². The van der Waals surface area contributed by atoms with Crippen molar-refractivity contribution in [2.24, 2.45) is 0 Å². The Bertz CT molecular complexity index is 926. The quantitative estimate of drug-likeness (QED) is 0.762. The van der Waals surface area contributed by atoms with Crippen LogP contribution in [0, 0.1) is 0 Å². The van der Waals surface area contributed by atoms with Crippen molar-refractivity contribution in [2.45, 2.75) is 32.0 Å². The van der Waals surface area contributed by atoms with Crippen LogP contribution in [0.1, 0.15) is 31.0 Å². The summed E-state index contributed by atoms with van der Waals surface area (Å²) in [7, 11) is 1.73. The predicted octanol–water partition coefficient (Wildman–Crippen LogP) is 4.02. The lowest BCUT2D eigenvalue weighted by molar-refractivity contribution is 0.113. The molecule has 0 amide bonds. The first-order chi connectivity index (χ1) is 13.2. The van der Waals surface area contributed by atoms with Gasteiger partial charge in [-0.3, -0.25) is 9.88 Å². The van der Waals surface area contributed by atoms with Crippen molar-refractivity contribution in [1.29, 1.82) is 0 Å². The van der Waals surface area contributed by atoms with Gasteiger partial charge in [-0.1, -0.05) is 24.3 Å². The van der Waals surface area contributed by atoms with Crippen molar-refractivity contribution in [3.8, 4) is 5.75 Å². The van der Waals surface area contributed by atoms with Gasteiger partial charge in [0.15, 0.2) is 0 Å². The first kappa shape index (κ1) is 18.0. The van der Waals surface area contributed by atoms with Crippen LogP contribution in [-0.4, -0.2) is 42.2 Å². The summed E-state index contributed by atoms with van der Waals surface area (Å²) >= 11 is 0.